The minimum Gasteiger partial charge on any atom is -0.370 e. The molecule has 6 nitrogen and oxygen atoms in total. The van der Waals surface area contributed by atoms with Crippen molar-refractivity contribution in [2.75, 3.05) is 19.7 Å². The molecule has 0 bridgehead atoms. The Labute approximate surface area is 144 Å². The molecule has 25 heavy (non-hydrogen) atoms. The van der Waals surface area contributed by atoms with Crippen molar-refractivity contribution >= 4 is 16.9 Å². The van der Waals surface area contributed by atoms with Gasteiger partial charge in [0.2, 0.25) is 5.91 Å². The zero-order chi connectivity index (χ0) is 17.2. The van der Waals surface area contributed by atoms with Crippen molar-refractivity contribution in [3.8, 4) is 0 Å². The van der Waals surface area contributed by atoms with Crippen LogP contribution >= 0.6 is 0 Å². The third kappa shape index (κ3) is 3.34. The Balaban J connectivity index is 1.47. The molecule has 1 saturated heterocycles. The highest BCUT2D eigenvalue weighted by Gasteiger charge is 2.25. The van der Waals surface area contributed by atoms with Gasteiger partial charge in [-0.15, -0.1) is 0 Å². The van der Waals surface area contributed by atoms with Gasteiger partial charge in [-0.2, -0.15) is 0 Å². The number of H-pyrrole nitrogens is 2. The van der Waals surface area contributed by atoms with Gasteiger partial charge in [0.25, 0.3) is 0 Å². The number of rotatable bonds is 3. The first-order valence-electron chi connectivity index (χ1n) is 8.34. The van der Waals surface area contributed by atoms with Gasteiger partial charge in [0, 0.05) is 6.54 Å². The Morgan fingerprint density at radius 3 is 2.76 bits per heavy atom. The van der Waals surface area contributed by atoms with Gasteiger partial charge in [-0.1, -0.05) is 36.4 Å². The Kier molecular flexibility index (Phi) is 4.11. The lowest BCUT2D eigenvalue weighted by atomic mass is 10.1. The van der Waals surface area contributed by atoms with Crippen LogP contribution in [0.15, 0.2) is 53.3 Å². The summed E-state index contributed by atoms with van der Waals surface area (Å²) >= 11 is 0. The van der Waals surface area contributed by atoms with Crippen LogP contribution in [0.25, 0.3) is 11.0 Å². The number of fused-ring (bicyclic) bond motifs is 1. The number of morpholine rings is 1. The molecule has 0 radical (unpaired) electrons. The molecule has 1 aromatic heterocycles. The number of hydrogen-bond acceptors (Lipinski definition) is 3. The van der Waals surface area contributed by atoms with E-state index < -0.39 is 0 Å². The Morgan fingerprint density at radius 1 is 1.12 bits per heavy atom. The third-order valence-electron chi connectivity index (χ3n) is 4.53. The van der Waals surface area contributed by atoms with Crippen molar-refractivity contribution in [3.05, 3.63) is 70.1 Å². The van der Waals surface area contributed by atoms with E-state index in [0.717, 1.165) is 22.2 Å². The van der Waals surface area contributed by atoms with E-state index in [4.69, 9.17) is 4.74 Å². The second-order valence-electron chi connectivity index (χ2n) is 6.25. The predicted octanol–water partition coefficient (Wildman–Crippen LogP) is 2.00. The number of nitrogens with zero attached hydrogens (tertiary/aromatic N) is 1. The van der Waals surface area contributed by atoms with Crippen LogP contribution in [0.3, 0.4) is 0 Å². The summed E-state index contributed by atoms with van der Waals surface area (Å²) < 4.78 is 5.82. The molecule has 1 aliphatic rings. The fourth-order valence-corrected chi connectivity index (χ4v) is 3.22. The molecule has 2 aromatic carbocycles. The molecule has 1 atom stereocenters. The molecule has 1 amide bonds. The average Bonchev–Trinajstić information content (AvgIpc) is 3.02. The third-order valence-corrected chi connectivity index (χ3v) is 4.53. The van der Waals surface area contributed by atoms with Crippen LogP contribution in [-0.4, -0.2) is 40.5 Å². The minimum absolute atomic E-state index is 0.0708. The first kappa shape index (κ1) is 15.7. The maximum absolute atomic E-state index is 12.7. The number of aromatic nitrogens is 2. The highest BCUT2D eigenvalue weighted by atomic mass is 16.5. The number of carbonyl (C=O) groups is 1. The summed E-state index contributed by atoms with van der Waals surface area (Å²) in [5.41, 5.74) is 3.20. The first-order valence-corrected chi connectivity index (χ1v) is 8.34. The van der Waals surface area contributed by atoms with E-state index in [2.05, 4.69) is 9.97 Å². The highest BCUT2D eigenvalue weighted by Crippen LogP contribution is 2.22. The molecule has 6 heteroatoms. The number of imidazole rings is 1. The summed E-state index contributed by atoms with van der Waals surface area (Å²) in [7, 11) is 0. The fourth-order valence-electron chi connectivity index (χ4n) is 3.22. The van der Waals surface area contributed by atoms with Crippen molar-refractivity contribution in [2.45, 2.75) is 12.5 Å². The lowest BCUT2D eigenvalue weighted by Crippen LogP contribution is -2.42. The molecule has 0 spiro atoms. The van der Waals surface area contributed by atoms with E-state index in [0.29, 0.717) is 26.1 Å². The lowest BCUT2D eigenvalue weighted by Gasteiger charge is -2.33. The molecule has 0 saturated carbocycles. The maximum atomic E-state index is 12.7. The average molecular weight is 337 g/mol. The number of amides is 1. The molecule has 2 heterocycles. The van der Waals surface area contributed by atoms with Gasteiger partial charge in [0.05, 0.1) is 30.6 Å². The fraction of sp³-hybridized carbons (Fsp3) is 0.263. The van der Waals surface area contributed by atoms with Crippen molar-refractivity contribution in [1.29, 1.82) is 0 Å². The van der Waals surface area contributed by atoms with Crippen molar-refractivity contribution in [1.82, 2.24) is 14.9 Å². The molecule has 1 fully saturated rings. The molecule has 128 valence electrons. The van der Waals surface area contributed by atoms with Crippen molar-refractivity contribution < 1.29 is 9.53 Å². The smallest absolute Gasteiger partial charge is 0.323 e. The highest BCUT2D eigenvalue weighted by molar-refractivity contribution is 5.81. The van der Waals surface area contributed by atoms with Crippen LogP contribution in [0.4, 0.5) is 0 Å². The van der Waals surface area contributed by atoms with E-state index in [1.54, 1.807) is 0 Å². The quantitative estimate of drug-likeness (QED) is 0.767. The Hall–Kier alpha value is -2.86. The SMILES string of the molecule is O=C(Cc1ccc2[nH]c(=O)[nH]c2c1)N1CCOC(c2ccccc2)C1. The molecular weight excluding hydrogens is 318 g/mol. The van der Waals surface area contributed by atoms with Crippen LogP contribution in [0.1, 0.15) is 17.2 Å². The van der Waals surface area contributed by atoms with Gasteiger partial charge < -0.3 is 19.6 Å². The van der Waals surface area contributed by atoms with Crippen LogP contribution in [0.2, 0.25) is 0 Å². The van der Waals surface area contributed by atoms with Crippen LogP contribution in [-0.2, 0) is 16.0 Å². The zero-order valence-electron chi connectivity index (χ0n) is 13.7. The van der Waals surface area contributed by atoms with Crippen LogP contribution in [0, 0.1) is 0 Å². The molecule has 2 N–H and O–H groups in total. The van der Waals surface area contributed by atoms with Gasteiger partial charge >= 0.3 is 5.69 Å². The van der Waals surface area contributed by atoms with E-state index in [-0.39, 0.29) is 17.7 Å². The zero-order valence-corrected chi connectivity index (χ0v) is 13.7. The van der Waals surface area contributed by atoms with Gasteiger partial charge in [-0.3, -0.25) is 4.79 Å². The van der Waals surface area contributed by atoms with E-state index in [9.17, 15) is 9.59 Å². The Bertz CT molecular complexity index is 945. The maximum Gasteiger partial charge on any atom is 0.323 e. The monoisotopic (exact) mass is 337 g/mol. The van der Waals surface area contributed by atoms with Gasteiger partial charge in [0.1, 0.15) is 6.10 Å². The number of benzene rings is 2. The summed E-state index contributed by atoms with van der Waals surface area (Å²) in [5.74, 6) is 0.0708. The van der Waals surface area contributed by atoms with E-state index in [1.807, 2.05) is 53.4 Å². The summed E-state index contributed by atoms with van der Waals surface area (Å²) in [6, 6.07) is 15.5. The first-order chi connectivity index (χ1) is 12.2. The molecule has 1 aliphatic heterocycles. The number of aromatic amines is 2. The normalized spacial score (nSPS) is 17.8. The largest absolute Gasteiger partial charge is 0.370 e. The molecule has 0 aliphatic carbocycles. The second kappa shape index (κ2) is 6.57. The van der Waals surface area contributed by atoms with Gasteiger partial charge in [0.15, 0.2) is 0 Å². The summed E-state index contributed by atoms with van der Waals surface area (Å²) in [5, 5.41) is 0. The van der Waals surface area contributed by atoms with E-state index in [1.165, 1.54) is 0 Å². The molecular formula is C19H19N3O3. The van der Waals surface area contributed by atoms with Crippen LogP contribution in [0.5, 0.6) is 0 Å². The number of ether oxygens (including phenoxy) is 1. The topological polar surface area (TPSA) is 78.2 Å². The number of hydrogen-bond donors (Lipinski definition) is 2. The summed E-state index contributed by atoms with van der Waals surface area (Å²) in [4.78, 5) is 31.3. The van der Waals surface area contributed by atoms with Crippen molar-refractivity contribution in [2.24, 2.45) is 0 Å². The van der Waals surface area contributed by atoms with Crippen LogP contribution < -0.4 is 5.69 Å². The van der Waals surface area contributed by atoms with Crippen molar-refractivity contribution in [3.63, 3.8) is 0 Å². The molecule has 4 rings (SSSR count). The minimum atomic E-state index is -0.239. The Morgan fingerprint density at radius 2 is 1.92 bits per heavy atom. The number of nitrogens with one attached hydrogen (secondary N) is 2. The second-order valence-corrected chi connectivity index (χ2v) is 6.25. The lowest BCUT2D eigenvalue weighted by molar-refractivity contribution is -0.138. The predicted molar refractivity (Wildman–Crippen MR) is 94.3 cm³/mol. The molecule has 1 unspecified atom stereocenters. The standard InChI is InChI=1S/C19H19N3O3/c23-18(11-13-6-7-15-16(10-13)21-19(24)20-15)22-8-9-25-17(12-22)14-4-2-1-3-5-14/h1-7,10,17H,8-9,11-12H2,(H2,20,21,24). The molecule has 3 aromatic rings. The van der Waals surface area contributed by atoms with E-state index >= 15 is 0 Å². The van der Waals surface area contributed by atoms with Gasteiger partial charge in [-0.05, 0) is 23.3 Å². The summed E-state index contributed by atoms with van der Waals surface area (Å²) in [6.45, 7) is 1.70. The number of carbonyl (C=O) groups excluding carboxylic acids is 1. The van der Waals surface area contributed by atoms with Gasteiger partial charge in [-0.25, -0.2) is 4.79 Å². The summed E-state index contributed by atoms with van der Waals surface area (Å²) in [6.07, 6.45) is 0.229.